The highest BCUT2D eigenvalue weighted by Gasteiger charge is 2.50. The number of para-hydroxylation sites is 1. The second-order valence-electron chi connectivity index (χ2n) is 8.11. The smallest absolute Gasteiger partial charge is 0.247 e. The predicted octanol–water partition coefficient (Wildman–Crippen LogP) is 2.05. The molecule has 7 nitrogen and oxygen atoms in total. The standard InChI is InChI=1S/C21H23N3O4S/c25-20(16-8-9-16)23-12-10-21(14-23)15-24(13-17-5-3-4-11-22-17)29(26,27)19-7-2-1-6-18(19)28-21/h1-7,11,16H,8-10,12-15H2/t21-/m0/s1. The second kappa shape index (κ2) is 6.81. The van der Waals surface area contributed by atoms with Gasteiger partial charge in [0, 0.05) is 25.1 Å². The van der Waals surface area contributed by atoms with Gasteiger partial charge in [0.25, 0.3) is 0 Å². The normalized spacial score (nSPS) is 26.0. The molecule has 29 heavy (non-hydrogen) atoms. The molecule has 152 valence electrons. The molecule has 1 aliphatic carbocycles. The van der Waals surface area contributed by atoms with E-state index in [0.29, 0.717) is 31.0 Å². The average molecular weight is 413 g/mol. The van der Waals surface area contributed by atoms with Gasteiger partial charge in [-0.3, -0.25) is 9.78 Å². The molecule has 1 aromatic heterocycles. The Hall–Kier alpha value is -2.45. The van der Waals surface area contributed by atoms with E-state index in [4.69, 9.17) is 4.74 Å². The van der Waals surface area contributed by atoms with Gasteiger partial charge in [-0.1, -0.05) is 18.2 Å². The molecule has 1 saturated heterocycles. The van der Waals surface area contributed by atoms with Crippen molar-refractivity contribution >= 4 is 15.9 Å². The molecule has 0 N–H and O–H groups in total. The van der Waals surface area contributed by atoms with Gasteiger partial charge in [0.1, 0.15) is 16.2 Å². The van der Waals surface area contributed by atoms with Gasteiger partial charge in [-0.2, -0.15) is 4.31 Å². The SMILES string of the molecule is O=C(C1CC1)N1CC[C@]2(C1)CN(Cc1ccccn1)S(=O)(=O)c1ccccc1O2. The van der Waals surface area contributed by atoms with Crippen LogP contribution in [-0.4, -0.2) is 53.7 Å². The van der Waals surface area contributed by atoms with Crippen molar-refractivity contribution in [2.24, 2.45) is 5.92 Å². The van der Waals surface area contributed by atoms with Crippen molar-refractivity contribution in [3.05, 3.63) is 54.4 Å². The number of hydrogen-bond acceptors (Lipinski definition) is 5. The number of pyridine rings is 1. The van der Waals surface area contributed by atoms with Crippen LogP contribution in [0.4, 0.5) is 0 Å². The van der Waals surface area contributed by atoms with Crippen molar-refractivity contribution in [3.8, 4) is 5.75 Å². The number of carbonyl (C=O) groups excluding carboxylic acids is 1. The number of rotatable bonds is 3. The Labute approximate surface area is 170 Å². The zero-order chi connectivity index (χ0) is 20.1. The maximum atomic E-state index is 13.4. The lowest BCUT2D eigenvalue weighted by atomic mass is 10.0. The Bertz CT molecular complexity index is 1040. The van der Waals surface area contributed by atoms with Gasteiger partial charge in [-0.15, -0.1) is 0 Å². The molecule has 1 amide bonds. The van der Waals surface area contributed by atoms with Gasteiger partial charge < -0.3 is 9.64 Å². The Kier molecular flexibility index (Phi) is 4.36. The van der Waals surface area contributed by atoms with Gasteiger partial charge in [0.15, 0.2) is 0 Å². The number of hydrogen-bond donors (Lipinski definition) is 0. The van der Waals surface area contributed by atoms with Crippen LogP contribution in [0.1, 0.15) is 25.0 Å². The fraction of sp³-hybridized carbons (Fsp3) is 0.429. The van der Waals surface area contributed by atoms with E-state index in [1.165, 1.54) is 4.31 Å². The summed E-state index contributed by atoms with van der Waals surface area (Å²) in [4.78, 5) is 18.9. The molecular formula is C21H23N3O4S. The molecule has 0 radical (unpaired) electrons. The molecule has 0 unspecified atom stereocenters. The van der Waals surface area contributed by atoms with E-state index < -0.39 is 15.6 Å². The molecule has 1 spiro atoms. The van der Waals surface area contributed by atoms with E-state index in [1.54, 1.807) is 36.5 Å². The third-order valence-corrected chi connectivity index (χ3v) is 7.71. The highest BCUT2D eigenvalue weighted by atomic mass is 32.2. The van der Waals surface area contributed by atoms with Crippen molar-refractivity contribution in [1.29, 1.82) is 0 Å². The van der Waals surface area contributed by atoms with Crippen LogP contribution in [0.3, 0.4) is 0 Å². The molecule has 8 heteroatoms. The number of nitrogens with zero attached hydrogens (tertiary/aromatic N) is 3. The first-order valence-corrected chi connectivity index (χ1v) is 11.4. The minimum atomic E-state index is -3.76. The molecule has 3 aliphatic rings. The lowest BCUT2D eigenvalue weighted by Crippen LogP contribution is -2.49. The summed E-state index contributed by atoms with van der Waals surface area (Å²) in [5, 5.41) is 0. The average Bonchev–Trinajstić information content (AvgIpc) is 3.50. The molecule has 0 bridgehead atoms. The van der Waals surface area contributed by atoms with E-state index in [9.17, 15) is 13.2 Å². The van der Waals surface area contributed by atoms with Crippen LogP contribution >= 0.6 is 0 Å². The van der Waals surface area contributed by atoms with Gasteiger partial charge in [-0.05, 0) is 37.1 Å². The summed E-state index contributed by atoms with van der Waals surface area (Å²) >= 11 is 0. The second-order valence-corrected chi connectivity index (χ2v) is 10.0. The van der Waals surface area contributed by atoms with E-state index >= 15 is 0 Å². The topological polar surface area (TPSA) is 79.8 Å². The Morgan fingerprint density at radius 3 is 2.69 bits per heavy atom. The van der Waals surface area contributed by atoms with Gasteiger partial charge in [0.05, 0.1) is 25.3 Å². The number of likely N-dealkylation sites (tertiary alicyclic amines) is 1. The van der Waals surface area contributed by atoms with E-state index in [0.717, 1.165) is 12.8 Å². The van der Waals surface area contributed by atoms with Crippen molar-refractivity contribution in [1.82, 2.24) is 14.2 Å². The molecule has 3 heterocycles. The summed E-state index contributed by atoms with van der Waals surface area (Å²) in [6, 6.07) is 12.2. The molecule has 2 aliphatic heterocycles. The third-order valence-electron chi connectivity index (χ3n) is 5.88. The molecular weight excluding hydrogens is 390 g/mol. The fourth-order valence-electron chi connectivity index (χ4n) is 4.21. The van der Waals surface area contributed by atoms with Crippen molar-refractivity contribution in [2.45, 2.75) is 36.3 Å². The number of sulfonamides is 1. The molecule has 1 saturated carbocycles. The first kappa shape index (κ1) is 18.6. The van der Waals surface area contributed by atoms with Gasteiger partial charge in [0.2, 0.25) is 15.9 Å². The maximum absolute atomic E-state index is 13.4. The zero-order valence-electron chi connectivity index (χ0n) is 16.0. The summed E-state index contributed by atoms with van der Waals surface area (Å²) in [5.74, 6) is 0.662. The lowest BCUT2D eigenvalue weighted by molar-refractivity contribution is -0.132. The predicted molar refractivity (Wildman–Crippen MR) is 106 cm³/mol. The minimum absolute atomic E-state index is 0.136. The Balaban J connectivity index is 1.52. The molecule has 1 atom stereocenters. The Morgan fingerprint density at radius 1 is 1.14 bits per heavy atom. The summed E-state index contributed by atoms with van der Waals surface area (Å²) in [6.07, 6.45) is 4.16. The van der Waals surface area contributed by atoms with E-state index in [-0.39, 0.29) is 29.8 Å². The summed E-state index contributed by atoms with van der Waals surface area (Å²) < 4.78 is 34.7. The van der Waals surface area contributed by atoms with Crippen LogP contribution in [0.15, 0.2) is 53.6 Å². The number of ether oxygens (including phenoxy) is 1. The quantitative estimate of drug-likeness (QED) is 0.769. The summed E-state index contributed by atoms with van der Waals surface area (Å²) in [6.45, 7) is 1.36. The van der Waals surface area contributed by atoms with E-state index in [2.05, 4.69) is 4.98 Å². The van der Waals surface area contributed by atoms with Crippen LogP contribution in [0.5, 0.6) is 5.75 Å². The zero-order valence-corrected chi connectivity index (χ0v) is 16.8. The number of amides is 1. The monoisotopic (exact) mass is 413 g/mol. The van der Waals surface area contributed by atoms with Crippen molar-refractivity contribution < 1.29 is 17.9 Å². The van der Waals surface area contributed by atoms with Crippen LogP contribution in [0, 0.1) is 5.92 Å². The Morgan fingerprint density at radius 2 is 1.93 bits per heavy atom. The number of aromatic nitrogens is 1. The maximum Gasteiger partial charge on any atom is 0.247 e. The number of benzene rings is 1. The number of fused-ring (bicyclic) bond motifs is 1. The highest BCUT2D eigenvalue weighted by molar-refractivity contribution is 7.89. The van der Waals surface area contributed by atoms with Gasteiger partial charge >= 0.3 is 0 Å². The molecule has 2 aromatic rings. The lowest BCUT2D eigenvalue weighted by Gasteiger charge is -2.31. The van der Waals surface area contributed by atoms with Crippen molar-refractivity contribution in [2.75, 3.05) is 19.6 Å². The van der Waals surface area contributed by atoms with Crippen LogP contribution < -0.4 is 4.74 Å². The van der Waals surface area contributed by atoms with Crippen LogP contribution in [0.2, 0.25) is 0 Å². The molecule has 2 fully saturated rings. The first-order chi connectivity index (χ1) is 14.0. The fourth-order valence-corrected chi connectivity index (χ4v) is 5.81. The van der Waals surface area contributed by atoms with Gasteiger partial charge in [-0.25, -0.2) is 8.42 Å². The van der Waals surface area contributed by atoms with E-state index in [1.807, 2.05) is 17.0 Å². The molecule has 1 aromatic carbocycles. The minimum Gasteiger partial charge on any atom is -0.483 e. The summed E-state index contributed by atoms with van der Waals surface area (Å²) in [5.41, 5.74) is -0.0755. The highest BCUT2D eigenvalue weighted by Crippen LogP contribution is 2.40. The third kappa shape index (κ3) is 3.40. The van der Waals surface area contributed by atoms with Crippen LogP contribution in [-0.2, 0) is 21.4 Å². The van der Waals surface area contributed by atoms with Crippen LogP contribution in [0.25, 0.3) is 0 Å². The summed E-state index contributed by atoms with van der Waals surface area (Å²) in [7, 11) is -3.76. The van der Waals surface area contributed by atoms with Crippen molar-refractivity contribution in [3.63, 3.8) is 0 Å². The number of carbonyl (C=O) groups is 1. The largest absolute Gasteiger partial charge is 0.483 e. The molecule has 5 rings (SSSR count). The first-order valence-electron chi connectivity index (χ1n) is 9.94.